The van der Waals surface area contributed by atoms with Gasteiger partial charge in [0.05, 0.1) is 0 Å². The Morgan fingerprint density at radius 3 is 2.67 bits per heavy atom. The van der Waals surface area contributed by atoms with Gasteiger partial charge in [0.1, 0.15) is 0 Å². The van der Waals surface area contributed by atoms with E-state index in [4.69, 9.17) is 0 Å². The van der Waals surface area contributed by atoms with Crippen LogP contribution in [0.4, 0.5) is 18.3 Å². The van der Waals surface area contributed by atoms with E-state index >= 15 is 0 Å². The van der Waals surface area contributed by atoms with Crippen molar-refractivity contribution >= 4 is 16.5 Å². The summed E-state index contributed by atoms with van der Waals surface area (Å²) in [4.78, 5) is 3.28. The fourth-order valence-electron chi connectivity index (χ4n) is 0.558. The van der Waals surface area contributed by atoms with Crippen LogP contribution >= 0.6 is 11.3 Å². The van der Waals surface area contributed by atoms with Crippen LogP contribution in [-0.2, 0) is 6.18 Å². The van der Waals surface area contributed by atoms with E-state index in [1.165, 1.54) is 6.20 Å². The average molecular weight is 194 g/mol. The fourth-order valence-corrected chi connectivity index (χ4v) is 1.27. The zero-order valence-electron chi connectivity index (χ0n) is 5.85. The number of halogens is 3. The Balaban J connectivity index is 2.84. The number of hydrogen-bond acceptors (Lipinski definition) is 3. The normalized spacial score (nSPS) is 11.2. The Morgan fingerprint density at radius 2 is 2.25 bits per heavy atom. The summed E-state index contributed by atoms with van der Waals surface area (Å²) in [7, 11) is 0. The van der Waals surface area contributed by atoms with Gasteiger partial charge in [-0.15, -0.1) is 11.3 Å². The Hall–Kier alpha value is -1.04. The number of thiazole rings is 1. The molecule has 0 radical (unpaired) electrons. The third-order valence-electron chi connectivity index (χ3n) is 1.02. The molecule has 1 aromatic heterocycles. The van der Waals surface area contributed by atoms with Crippen molar-refractivity contribution < 1.29 is 13.2 Å². The number of nitrogens with one attached hydrogen (secondary N) is 1. The Kier molecular flexibility index (Phi) is 2.37. The molecule has 0 unspecified atom stereocenters. The standard InChI is InChI=1S/C6H5F3N2S/c1-2-10-5-11-4(3-12-5)6(7,8)9/h2-3H,1H2,(H,10,11). The van der Waals surface area contributed by atoms with Gasteiger partial charge < -0.3 is 5.32 Å². The molecule has 0 bridgehead atoms. The third kappa shape index (κ3) is 1.97. The van der Waals surface area contributed by atoms with Gasteiger partial charge in [0.15, 0.2) is 10.8 Å². The van der Waals surface area contributed by atoms with Gasteiger partial charge in [-0.05, 0) is 6.20 Å². The van der Waals surface area contributed by atoms with Crippen molar-refractivity contribution in [3.8, 4) is 0 Å². The first-order valence-electron chi connectivity index (χ1n) is 2.94. The minimum absolute atomic E-state index is 0.192. The van der Waals surface area contributed by atoms with E-state index in [9.17, 15) is 13.2 Å². The van der Waals surface area contributed by atoms with Gasteiger partial charge in [0.2, 0.25) is 0 Å². The van der Waals surface area contributed by atoms with Crippen molar-refractivity contribution in [2.24, 2.45) is 0 Å². The van der Waals surface area contributed by atoms with Crippen LogP contribution < -0.4 is 5.32 Å². The molecule has 0 aliphatic heterocycles. The van der Waals surface area contributed by atoms with Crippen molar-refractivity contribution in [2.75, 3.05) is 5.32 Å². The Bertz CT molecular complexity index is 279. The molecule has 0 aliphatic carbocycles. The molecule has 0 spiro atoms. The highest BCUT2D eigenvalue weighted by Gasteiger charge is 2.33. The summed E-state index contributed by atoms with van der Waals surface area (Å²) in [5, 5.41) is 3.61. The molecule has 0 amide bonds. The van der Waals surface area contributed by atoms with Gasteiger partial charge in [0, 0.05) is 5.38 Å². The van der Waals surface area contributed by atoms with Crippen LogP contribution in [0.2, 0.25) is 0 Å². The minimum atomic E-state index is -4.36. The lowest BCUT2D eigenvalue weighted by Gasteiger charge is -1.99. The number of anilines is 1. The molecule has 6 heteroatoms. The molecule has 1 N–H and O–H groups in total. The highest BCUT2D eigenvalue weighted by atomic mass is 32.1. The maximum atomic E-state index is 11.9. The quantitative estimate of drug-likeness (QED) is 0.782. The fraction of sp³-hybridized carbons (Fsp3) is 0.167. The van der Waals surface area contributed by atoms with Crippen LogP contribution in [0.5, 0.6) is 0 Å². The molecule has 66 valence electrons. The van der Waals surface area contributed by atoms with E-state index in [0.29, 0.717) is 0 Å². The molecule has 0 fully saturated rings. The maximum Gasteiger partial charge on any atom is 0.434 e. The molecule has 0 aromatic carbocycles. The molecule has 0 aliphatic rings. The van der Waals surface area contributed by atoms with E-state index in [-0.39, 0.29) is 5.13 Å². The number of alkyl halides is 3. The van der Waals surface area contributed by atoms with E-state index in [0.717, 1.165) is 16.7 Å². The van der Waals surface area contributed by atoms with Crippen LogP contribution in [0, 0.1) is 0 Å². The number of hydrogen-bond donors (Lipinski definition) is 1. The van der Waals surface area contributed by atoms with E-state index in [2.05, 4.69) is 16.9 Å². The SMILES string of the molecule is C=CNc1nc(C(F)(F)F)cs1. The first-order valence-corrected chi connectivity index (χ1v) is 3.82. The molecule has 1 heterocycles. The van der Waals surface area contributed by atoms with Crippen LogP contribution in [0.15, 0.2) is 18.2 Å². The molecule has 0 saturated carbocycles. The first-order chi connectivity index (χ1) is 5.54. The Labute approximate surface area is 70.7 Å². The van der Waals surface area contributed by atoms with E-state index < -0.39 is 11.9 Å². The number of nitrogens with zero attached hydrogens (tertiary/aromatic N) is 1. The van der Waals surface area contributed by atoms with Crippen LogP contribution in [0.1, 0.15) is 5.69 Å². The van der Waals surface area contributed by atoms with Crippen LogP contribution in [0.3, 0.4) is 0 Å². The van der Waals surface area contributed by atoms with E-state index in [1.807, 2.05) is 0 Å². The average Bonchev–Trinajstić information content (AvgIpc) is 2.35. The predicted molar refractivity (Wildman–Crippen MR) is 40.9 cm³/mol. The summed E-state index contributed by atoms with van der Waals surface area (Å²) < 4.78 is 35.8. The maximum absolute atomic E-state index is 11.9. The monoisotopic (exact) mass is 194 g/mol. The zero-order chi connectivity index (χ0) is 9.19. The van der Waals surface area contributed by atoms with Gasteiger partial charge in [-0.2, -0.15) is 13.2 Å². The summed E-state index contributed by atoms with van der Waals surface area (Å²) in [5.41, 5.74) is -0.878. The van der Waals surface area contributed by atoms with Gasteiger partial charge >= 0.3 is 6.18 Å². The second-order valence-electron chi connectivity index (χ2n) is 1.88. The molecule has 1 rings (SSSR count). The molecule has 0 saturated heterocycles. The largest absolute Gasteiger partial charge is 0.434 e. The molecular formula is C6H5F3N2S. The molecule has 2 nitrogen and oxygen atoms in total. The summed E-state index contributed by atoms with van der Waals surface area (Å²) in [6.45, 7) is 3.30. The second kappa shape index (κ2) is 3.14. The Morgan fingerprint density at radius 1 is 1.58 bits per heavy atom. The zero-order valence-corrected chi connectivity index (χ0v) is 6.67. The van der Waals surface area contributed by atoms with Crippen LogP contribution in [0.25, 0.3) is 0 Å². The van der Waals surface area contributed by atoms with Crippen molar-refractivity contribution in [1.29, 1.82) is 0 Å². The van der Waals surface area contributed by atoms with Crippen molar-refractivity contribution in [2.45, 2.75) is 6.18 Å². The highest BCUT2D eigenvalue weighted by molar-refractivity contribution is 7.13. The van der Waals surface area contributed by atoms with Crippen molar-refractivity contribution in [1.82, 2.24) is 4.98 Å². The van der Waals surface area contributed by atoms with Crippen molar-refractivity contribution in [3.05, 3.63) is 23.9 Å². The van der Waals surface area contributed by atoms with E-state index in [1.54, 1.807) is 0 Å². The minimum Gasteiger partial charge on any atom is -0.339 e. The summed E-state index contributed by atoms with van der Waals surface area (Å²) in [6.07, 6.45) is -3.09. The summed E-state index contributed by atoms with van der Waals surface area (Å²) in [5.74, 6) is 0. The van der Waals surface area contributed by atoms with Gasteiger partial charge in [0.25, 0.3) is 0 Å². The molecule has 1 aromatic rings. The lowest BCUT2D eigenvalue weighted by Crippen LogP contribution is -2.05. The number of aromatic nitrogens is 1. The second-order valence-corrected chi connectivity index (χ2v) is 2.74. The van der Waals surface area contributed by atoms with Crippen LogP contribution in [-0.4, -0.2) is 4.98 Å². The molecule has 0 atom stereocenters. The lowest BCUT2D eigenvalue weighted by molar-refractivity contribution is -0.140. The molecule has 12 heavy (non-hydrogen) atoms. The van der Waals surface area contributed by atoms with Gasteiger partial charge in [-0.1, -0.05) is 6.58 Å². The lowest BCUT2D eigenvalue weighted by atomic mass is 10.5. The predicted octanol–water partition coefficient (Wildman–Crippen LogP) is 2.72. The molecular weight excluding hydrogens is 189 g/mol. The highest BCUT2D eigenvalue weighted by Crippen LogP contribution is 2.31. The number of rotatable bonds is 2. The summed E-state index contributed by atoms with van der Waals surface area (Å²) >= 11 is 0.888. The summed E-state index contributed by atoms with van der Waals surface area (Å²) in [6, 6.07) is 0. The van der Waals surface area contributed by atoms with Gasteiger partial charge in [-0.25, -0.2) is 4.98 Å². The van der Waals surface area contributed by atoms with Crippen molar-refractivity contribution in [3.63, 3.8) is 0 Å². The first kappa shape index (κ1) is 9.05. The topological polar surface area (TPSA) is 24.9 Å². The third-order valence-corrected chi connectivity index (χ3v) is 1.79. The van der Waals surface area contributed by atoms with Gasteiger partial charge in [-0.3, -0.25) is 0 Å². The smallest absolute Gasteiger partial charge is 0.339 e.